The summed E-state index contributed by atoms with van der Waals surface area (Å²) in [6, 6.07) is 0.833. The number of hydrogen-bond donors (Lipinski definition) is 0. The van der Waals surface area contributed by atoms with E-state index in [-0.39, 0.29) is 24.9 Å². The Morgan fingerprint density at radius 1 is 1.43 bits per heavy atom. The molecule has 3 atom stereocenters. The van der Waals surface area contributed by atoms with E-state index in [1.807, 2.05) is 0 Å². The van der Waals surface area contributed by atoms with Crippen molar-refractivity contribution in [3.63, 3.8) is 0 Å². The maximum Gasteiger partial charge on any atom is 0.252 e. The zero-order valence-corrected chi connectivity index (χ0v) is 11.7. The summed E-state index contributed by atoms with van der Waals surface area (Å²) in [7, 11) is 0. The third-order valence-electron chi connectivity index (χ3n) is 4.92. The first-order valence-electron chi connectivity index (χ1n) is 7.21. The smallest absolute Gasteiger partial charge is 0.252 e. The molecule has 2 aliphatic heterocycles. The summed E-state index contributed by atoms with van der Waals surface area (Å²) in [6.07, 6.45) is 1.62. The molecule has 0 spiro atoms. The molecule has 114 valence electrons. The number of halogens is 3. The van der Waals surface area contributed by atoms with Crippen LogP contribution in [0.5, 0.6) is 0 Å². The van der Waals surface area contributed by atoms with Gasteiger partial charge in [0.1, 0.15) is 11.2 Å². The highest BCUT2D eigenvalue weighted by Crippen LogP contribution is 2.52. The van der Waals surface area contributed by atoms with Crippen LogP contribution < -0.4 is 0 Å². The van der Waals surface area contributed by atoms with Gasteiger partial charge in [-0.05, 0) is 37.3 Å². The predicted octanol–water partition coefficient (Wildman–Crippen LogP) is 3.32. The van der Waals surface area contributed by atoms with Crippen LogP contribution in [0.1, 0.15) is 44.2 Å². The molecule has 0 radical (unpaired) electrons. The van der Waals surface area contributed by atoms with Crippen molar-refractivity contribution in [2.24, 2.45) is 5.41 Å². The minimum atomic E-state index is -2.66. The first-order valence-corrected chi connectivity index (χ1v) is 7.21. The molecule has 6 heteroatoms. The lowest BCUT2D eigenvalue weighted by Gasteiger charge is -2.29. The highest BCUT2D eigenvalue weighted by Gasteiger charge is 2.59. The van der Waals surface area contributed by atoms with Crippen LogP contribution in [-0.2, 0) is 4.79 Å². The number of hydrogen-bond acceptors (Lipinski definition) is 2. The van der Waals surface area contributed by atoms with Crippen molar-refractivity contribution in [2.75, 3.05) is 0 Å². The van der Waals surface area contributed by atoms with Gasteiger partial charge in [-0.2, -0.15) is 0 Å². The van der Waals surface area contributed by atoms with Crippen LogP contribution >= 0.6 is 0 Å². The number of nitrogens with zero attached hydrogens (tertiary/aromatic N) is 2. The molecule has 0 aromatic carbocycles. The van der Waals surface area contributed by atoms with Gasteiger partial charge in [-0.15, -0.1) is 0 Å². The molecule has 3 heterocycles. The van der Waals surface area contributed by atoms with Crippen molar-refractivity contribution in [1.29, 1.82) is 0 Å². The SMILES string of the molecule is CC[C@]1(C(F)F)C[C@@H]2CC[C@@H](c3cncc(F)c3)N2C1=O. The molecular weight excluding hydrogens is 281 g/mol. The quantitative estimate of drug-likeness (QED) is 0.857. The molecule has 0 aliphatic carbocycles. The highest BCUT2D eigenvalue weighted by molar-refractivity contribution is 5.86. The zero-order valence-electron chi connectivity index (χ0n) is 11.7. The number of pyridine rings is 1. The van der Waals surface area contributed by atoms with E-state index in [9.17, 15) is 18.0 Å². The molecule has 2 saturated heterocycles. The second-order valence-corrected chi connectivity index (χ2v) is 5.91. The van der Waals surface area contributed by atoms with Crippen LogP contribution in [0.3, 0.4) is 0 Å². The molecule has 0 N–H and O–H groups in total. The van der Waals surface area contributed by atoms with Crippen LogP contribution in [0.4, 0.5) is 13.2 Å². The molecule has 2 aliphatic rings. The van der Waals surface area contributed by atoms with Crippen LogP contribution in [0.2, 0.25) is 0 Å². The van der Waals surface area contributed by atoms with E-state index in [0.717, 1.165) is 6.20 Å². The molecule has 3 rings (SSSR count). The van der Waals surface area contributed by atoms with Crippen molar-refractivity contribution in [2.45, 2.75) is 51.1 Å². The fourth-order valence-corrected chi connectivity index (χ4v) is 3.73. The van der Waals surface area contributed by atoms with E-state index < -0.39 is 23.6 Å². The van der Waals surface area contributed by atoms with Crippen LogP contribution in [0.15, 0.2) is 18.5 Å². The van der Waals surface area contributed by atoms with Crippen molar-refractivity contribution in [3.05, 3.63) is 29.8 Å². The molecule has 1 amide bonds. The van der Waals surface area contributed by atoms with Crippen molar-refractivity contribution in [1.82, 2.24) is 9.88 Å². The summed E-state index contributed by atoms with van der Waals surface area (Å²) in [6.45, 7) is 1.63. The molecule has 0 unspecified atom stereocenters. The zero-order chi connectivity index (χ0) is 15.2. The third-order valence-corrected chi connectivity index (χ3v) is 4.92. The topological polar surface area (TPSA) is 33.2 Å². The normalized spacial score (nSPS) is 32.0. The Balaban J connectivity index is 1.94. The number of carbonyl (C=O) groups excluding carboxylic acids is 1. The largest absolute Gasteiger partial charge is 0.332 e. The van der Waals surface area contributed by atoms with Gasteiger partial charge in [0.15, 0.2) is 0 Å². The second kappa shape index (κ2) is 5.00. The lowest BCUT2D eigenvalue weighted by atomic mass is 9.81. The van der Waals surface area contributed by atoms with E-state index in [2.05, 4.69) is 4.98 Å². The van der Waals surface area contributed by atoms with E-state index >= 15 is 0 Å². The van der Waals surface area contributed by atoms with Gasteiger partial charge < -0.3 is 4.90 Å². The average molecular weight is 298 g/mol. The minimum absolute atomic E-state index is 0.130. The number of amides is 1. The van der Waals surface area contributed by atoms with E-state index in [1.54, 1.807) is 11.8 Å². The number of carbonyl (C=O) groups is 1. The number of alkyl halides is 2. The third kappa shape index (κ3) is 2.03. The van der Waals surface area contributed by atoms with Gasteiger partial charge in [0.05, 0.1) is 12.2 Å². The first kappa shape index (κ1) is 14.4. The Morgan fingerprint density at radius 3 is 2.81 bits per heavy atom. The summed E-state index contributed by atoms with van der Waals surface area (Å²) < 4.78 is 40.2. The first-order chi connectivity index (χ1) is 9.99. The summed E-state index contributed by atoms with van der Waals surface area (Å²) in [4.78, 5) is 17.9. The Morgan fingerprint density at radius 2 is 2.19 bits per heavy atom. The van der Waals surface area contributed by atoms with Crippen LogP contribution in [-0.4, -0.2) is 28.3 Å². The Bertz CT molecular complexity index is 566. The molecule has 0 bridgehead atoms. The molecule has 21 heavy (non-hydrogen) atoms. The fourth-order valence-electron chi connectivity index (χ4n) is 3.73. The molecule has 3 nitrogen and oxygen atoms in total. The summed E-state index contributed by atoms with van der Waals surface area (Å²) >= 11 is 0. The van der Waals surface area contributed by atoms with Gasteiger partial charge >= 0.3 is 0 Å². The second-order valence-electron chi connectivity index (χ2n) is 5.91. The Hall–Kier alpha value is -1.59. The highest BCUT2D eigenvalue weighted by atomic mass is 19.3. The maximum absolute atomic E-state index is 13.4. The maximum atomic E-state index is 13.4. The van der Waals surface area contributed by atoms with Gasteiger partial charge in [0.25, 0.3) is 6.43 Å². The standard InChI is InChI=1S/C15H17F3N2O/c1-2-15(13(17)18)6-11-3-4-12(20(11)14(15)21)9-5-10(16)8-19-7-9/h5,7-8,11-13H,2-4,6H2,1H3/t11-,12-,15+/m0/s1. The van der Waals surface area contributed by atoms with Crippen molar-refractivity contribution >= 4 is 5.91 Å². The average Bonchev–Trinajstić information content (AvgIpc) is 2.98. The van der Waals surface area contributed by atoms with E-state index in [1.165, 1.54) is 12.3 Å². The summed E-state index contributed by atoms with van der Waals surface area (Å²) in [5, 5.41) is 0. The molecule has 1 aromatic heterocycles. The van der Waals surface area contributed by atoms with Gasteiger partial charge in [-0.25, -0.2) is 13.2 Å². The lowest BCUT2D eigenvalue weighted by Crippen LogP contribution is -2.40. The van der Waals surface area contributed by atoms with E-state index in [0.29, 0.717) is 18.4 Å². The number of rotatable bonds is 3. The number of fused-ring (bicyclic) bond motifs is 1. The lowest BCUT2D eigenvalue weighted by molar-refractivity contribution is -0.146. The Labute approximate surface area is 121 Å². The minimum Gasteiger partial charge on any atom is -0.332 e. The van der Waals surface area contributed by atoms with Gasteiger partial charge in [0.2, 0.25) is 5.91 Å². The van der Waals surface area contributed by atoms with Gasteiger partial charge in [-0.1, -0.05) is 6.92 Å². The van der Waals surface area contributed by atoms with Crippen LogP contribution in [0, 0.1) is 11.2 Å². The fraction of sp³-hybridized carbons (Fsp3) is 0.600. The Kier molecular flexibility index (Phi) is 3.42. The van der Waals surface area contributed by atoms with E-state index in [4.69, 9.17) is 0 Å². The van der Waals surface area contributed by atoms with Crippen molar-refractivity contribution < 1.29 is 18.0 Å². The summed E-state index contributed by atoms with van der Waals surface area (Å²) in [5.41, 5.74) is -0.976. The van der Waals surface area contributed by atoms with Gasteiger partial charge in [0, 0.05) is 12.2 Å². The summed E-state index contributed by atoms with van der Waals surface area (Å²) in [5.74, 6) is -0.963. The molecular formula is C15H17F3N2O. The van der Waals surface area contributed by atoms with Gasteiger partial charge in [-0.3, -0.25) is 9.78 Å². The predicted molar refractivity (Wildman–Crippen MR) is 70.1 cm³/mol. The number of aromatic nitrogens is 1. The monoisotopic (exact) mass is 298 g/mol. The molecule has 0 saturated carbocycles. The molecule has 1 aromatic rings. The molecule has 2 fully saturated rings. The van der Waals surface area contributed by atoms with Crippen LogP contribution in [0.25, 0.3) is 0 Å². The van der Waals surface area contributed by atoms with Crippen molar-refractivity contribution in [3.8, 4) is 0 Å².